The van der Waals surface area contributed by atoms with Crippen molar-refractivity contribution in [2.45, 2.75) is 19.4 Å². The van der Waals surface area contributed by atoms with Gasteiger partial charge in [-0.1, -0.05) is 6.92 Å². The highest BCUT2D eigenvalue weighted by Crippen LogP contribution is 1.98. The van der Waals surface area contributed by atoms with Gasteiger partial charge in [-0.15, -0.1) is 0 Å². The first-order chi connectivity index (χ1) is 6.24. The lowest BCUT2D eigenvalue weighted by molar-refractivity contribution is 0.0950. The molecule has 4 heteroatoms. The molecule has 3 N–H and O–H groups in total. The molecule has 1 unspecified atom stereocenters. The van der Waals surface area contributed by atoms with Gasteiger partial charge in [0.1, 0.15) is 6.26 Å². The Morgan fingerprint density at radius 3 is 3.08 bits per heavy atom. The predicted octanol–water partition coefficient (Wildman–Crippen LogP) is 0.747. The summed E-state index contributed by atoms with van der Waals surface area (Å²) in [6, 6.07) is 1.64. The van der Waals surface area contributed by atoms with Crippen molar-refractivity contribution in [2.75, 3.05) is 6.54 Å². The fraction of sp³-hybridized carbons (Fsp3) is 0.444. The molecule has 13 heavy (non-hydrogen) atoms. The Morgan fingerprint density at radius 1 is 1.77 bits per heavy atom. The Morgan fingerprint density at radius 2 is 2.54 bits per heavy atom. The molecule has 0 aromatic carbocycles. The molecule has 1 aromatic rings. The molecule has 0 saturated heterocycles. The van der Waals surface area contributed by atoms with Gasteiger partial charge in [-0.25, -0.2) is 0 Å². The highest BCUT2D eigenvalue weighted by molar-refractivity contribution is 5.93. The quantitative estimate of drug-likeness (QED) is 0.721. The van der Waals surface area contributed by atoms with E-state index < -0.39 is 0 Å². The van der Waals surface area contributed by atoms with Gasteiger partial charge in [-0.05, 0) is 12.5 Å². The van der Waals surface area contributed by atoms with Gasteiger partial charge in [0.15, 0.2) is 0 Å². The largest absolute Gasteiger partial charge is 0.472 e. The molecular formula is C9H14N2O2. The lowest BCUT2D eigenvalue weighted by Crippen LogP contribution is -2.36. The molecule has 4 nitrogen and oxygen atoms in total. The van der Waals surface area contributed by atoms with Crippen LogP contribution in [0.5, 0.6) is 0 Å². The summed E-state index contributed by atoms with van der Waals surface area (Å²) < 4.78 is 4.78. The van der Waals surface area contributed by atoms with E-state index >= 15 is 0 Å². The smallest absolute Gasteiger partial charge is 0.254 e. The summed E-state index contributed by atoms with van der Waals surface area (Å²) >= 11 is 0. The van der Waals surface area contributed by atoms with E-state index in [9.17, 15) is 4.79 Å². The van der Waals surface area contributed by atoms with Crippen LogP contribution >= 0.6 is 0 Å². The number of carbonyl (C=O) groups excluding carboxylic acids is 1. The average Bonchev–Trinajstić information content (AvgIpc) is 2.66. The molecule has 0 saturated carbocycles. The van der Waals surface area contributed by atoms with E-state index in [0.29, 0.717) is 12.1 Å². The number of nitrogens with one attached hydrogen (secondary N) is 1. The van der Waals surface area contributed by atoms with Gasteiger partial charge in [0.05, 0.1) is 11.8 Å². The summed E-state index contributed by atoms with van der Waals surface area (Å²) in [4.78, 5) is 11.3. The first-order valence-electron chi connectivity index (χ1n) is 4.30. The molecule has 0 bridgehead atoms. The van der Waals surface area contributed by atoms with Gasteiger partial charge in [-0.3, -0.25) is 4.79 Å². The van der Waals surface area contributed by atoms with E-state index in [1.165, 1.54) is 12.5 Å². The normalized spacial score (nSPS) is 12.5. The summed E-state index contributed by atoms with van der Waals surface area (Å²) in [5.41, 5.74) is 6.17. The maximum atomic E-state index is 11.3. The molecule has 0 aliphatic carbocycles. The number of rotatable bonds is 4. The van der Waals surface area contributed by atoms with Crippen LogP contribution in [0.3, 0.4) is 0 Å². The number of amides is 1. The minimum Gasteiger partial charge on any atom is -0.472 e. The lowest BCUT2D eigenvalue weighted by Gasteiger charge is -2.08. The fourth-order valence-electron chi connectivity index (χ4n) is 0.864. The Labute approximate surface area is 77.1 Å². The summed E-state index contributed by atoms with van der Waals surface area (Å²) in [6.07, 6.45) is 3.73. The van der Waals surface area contributed by atoms with Crippen LogP contribution in [0.2, 0.25) is 0 Å². The molecule has 1 amide bonds. The van der Waals surface area contributed by atoms with Gasteiger partial charge in [0.2, 0.25) is 0 Å². The van der Waals surface area contributed by atoms with Gasteiger partial charge in [0.25, 0.3) is 5.91 Å². The number of hydrogen-bond acceptors (Lipinski definition) is 3. The van der Waals surface area contributed by atoms with Crippen molar-refractivity contribution in [1.82, 2.24) is 5.32 Å². The molecule has 0 fully saturated rings. The topological polar surface area (TPSA) is 68.3 Å². The second kappa shape index (κ2) is 4.67. The van der Waals surface area contributed by atoms with Crippen molar-refractivity contribution in [2.24, 2.45) is 5.73 Å². The van der Waals surface area contributed by atoms with Gasteiger partial charge >= 0.3 is 0 Å². The maximum Gasteiger partial charge on any atom is 0.254 e. The van der Waals surface area contributed by atoms with Crippen LogP contribution in [0.4, 0.5) is 0 Å². The Bertz CT molecular complexity index is 257. The number of furan rings is 1. The third-order valence-corrected chi connectivity index (χ3v) is 1.83. The number of hydrogen-bond donors (Lipinski definition) is 2. The van der Waals surface area contributed by atoms with E-state index in [-0.39, 0.29) is 11.9 Å². The molecule has 1 heterocycles. The zero-order valence-electron chi connectivity index (χ0n) is 7.62. The van der Waals surface area contributed by atoms with Crippen molar-refractivity contribution in [3.63, 3.8) is 0 Å². The number of nitrogens with two attached hydrogens (primary N) is 1. The molecule has 0 aliphatic heterocycles. The van der Waals surface area contributed by atoms with E-state index in [4.69, 9.17) is 10.2 Å². The first-order valence-corrected chi connectivity index (χ1v) is 4.30. The summed E-state index contributed by atoms with van der Waals surface area (Å²) in [6.45, 7) is 2.48. The highest BCUT2D eigenvalue weighted by atomic mass is 16.3. The Balaban J connectivity index is 2.35. The van der Waals surface area contributed by atoms with Crippen molar-refractivity contribution in [3.8, 4) is 0 Å². The molecule has 72 valence electrons. The van der Waals surface area contributed by atoms with Crippen LogP contribution in [-0.2, 0) is 0 Å². The van der Waals surface area contributed by atoms with Crippen molar-refractivity contribution in [1.29, 1.82) is 0 Å². The highest BCUT2D eigenvalue weighted by Gasteiger charge is 2.07. The van der Waals surface area contributed by atoms with Crippen molar-refractivity contribution < 1.29 is 9.21 Å². The molecule has 0 aliphatic rings. The van der Waals surface area contributed by atoms with Gasteiger partial charge in [-0.2, -0.15) is 0 Å². The predicted molar refractivity (Wildman–Crippen MR) is 49.3 cm³/mol. The fourth-order valence-corrected chi connectivity index (χ4v) is 0.864. The van der Waals surface area contributed by atoms with Gasteiger partial charge < -0.3 is 15.5 Å². The molecule has 1 atom stereocenters. The van der Waals surface area contributed by atoms with E-state index in [2.05, 4.69) is 5.32 Å². The zero-order valence-corrected chi connectivity index (χ0v) is 7.62. The van der Waals surface area contributed by atoms with E-state index in [0.717, 1.165) is 6.42 Å². The second-order valence-corrected chi connectivity index (χ2v) is 2.89. The second-order valence-electron chi connectivity index (χ2n) is 2.89. The molecule has 0 radical (unpaired) electrons. The molecular weight excluding hydrogens is 168 g/mol. The molecule has 1 aromatic heterocycles. The van der Waals surface area contributed by atoms with Gasteiger partial charge in [0, 0.05) is 12.6 Å². The van der Waals surface area contributed by atoms with Crippen LogP contribution in [0.25, 0.3) is 0 Å². The number of carbonyl (C=O) groups is 1. The third kappa shape index (κ3) is 2.91. The van der Waals surface area contributed by atoms with Crippen LogP contribution in [0.15, 0.2) is 23.0 Å². The average molecular weight is 182 g/mol. The van der Waals surface area contributed by atoms with E-state index in [1.54, 1.807) is 6.07 Å². The molecule has 0 spiro atoms. The van der Waals surface area contributed by atoms with Crippen molar-refractivity contribution >= 4 is 5.91 Å². The summed E-state index contributed by atoms with van der Waals surface area (Å²) in [5.74, 6) is -0.141. The summed E-state index contributed by atoms with van der Waals surface area (Å²) in [5, 5.41) is 2.71. The van der Waals surface area contributed by atoms with E-state index in [1.807, 2.05) is 6.92 Å². The van der Waals surface area contributed by atoms with Crippen LogP contribution in [-0.4, -0.2) is 18.5 Å². The lowest BCUT2D eigenvalue weighted by atomic mass is 10.2. The standard InChI is InChI=1S/C9H14N2O2/c1-2-8(10)5-11-9(12)7-3-4-13-6-7/h3-4,6,8H,2,5,10H2,1H3,(H,11,12). The summed E-state index contributed by atoms with van der Waals surface area (Å²) in [7, 11) is 0. The third-order valence-electron chi connectivity index (χ3n) is 1.83. The minimum atomic E-state index is -0.141. The Hall–Kier alpha value is -1.29. The minimum absolute atomic E-state index is 0.0239. The SMILES string of the molecule is CCC(N)CNC(=O)c1ccoc1. The Kier molecular flexibility index (Phi) is 3.52. The van der Waals surface area contributed by atoms with Crippen molar-refractivity contribution in [3.05, 3.63) is 24.2 Å². The van der Waals surface area contributed by atoms with Crippen LogP contribution < -0.4 is 11.1 Å². The maximum absolute atomic E-state index is 11.3. The zero-order chi connectivity index (χ0) is 9.68. The van der Waals surface area contributed by atoms with Crippen LogP contribution in [0.1, 0.15) is 23.7 Å². The monoisotopic (exact) mass is 182 g/mol. The first kappa shape index (κ1) is 9.80. The molecule has 1 rings (SSSR count). The van der Waals surface area contributed by atoms with Crippen LogP contribution in [0, 0.1) is 0 Å².